The molecular formula is C12H10FNO2. The van der Waals surface area contributed by atoms with Crippen molar-refractivity contribution in [1.29, 1.82) is 0 Å². The minimum atomic E-state index is -0.654. The van der Waals surface area contributed by atoms with Gasteiger partial charge in [0, 0.05) is 24.1 Å². The first-order valence-corrected chi connectivity index (χ1v) is 4.80. The number of ketones is 1. The Labute approximate surface area is 91.9 Å². The van der Waals surface area contributed by atoms with Gasteiger partial charge in [0.25, 0.3) is 0 Å². The Kier molecular flexibility index (Phi) is 2.92. The Morgan fingerprint density at radius 1 is 1.44 bits per heavy atom. The Hall–Kier alpha value is -1.81. The van der Waals surface area contributed by atoms with Gasteiger partial charge in [-0.15, -0.1) is 0 Å². The van der Waals surface area contributed by atoms with Gasteiger partial charge in [-0.2, -0.15) is 4.39 Å². The van der Waals surface area contributed by atoms with E-state index in [9.17, 15) is 9.18 Å². The highest BCUT2D eigenvalue weighted by atomic mass is 19.1. The Morgan fingerprint density at radius 3 is 2.94 bits per heavy atom. The molecule has 0 aliphatic heterocycles. The highest BCUT2D eigenvalue weighted by Crippen LogP contribution is 2.18. The molecule has 1 heterocycles. The molecule has 0 unspecified atom stereocenters. The van der Waals surface area contributed by atoms with E-state index in [1.807, 2.05) is 0 Å². The smallest absolute Gasteiger partial charge is 0.214 e. The molecule has 0 fully saturated rings. The molecule has 1 aromatic heterocycles. The summed E-state index contributed by atoms with van der Waals surface area (Å²) < 4.78 is 17.9. The Bertz CT molecular complexity index is 540. The molecule has 0 saturated heterocycles. The maximum atomic E-state index is 13.2. The van der Waals surface area contributed by atoms with Gasteiger partial charge in [0.15, 0.2) is 5.78 Å². The molecule has 82 valence electrons. The number of halogens is 1. The number of rotatable bonds is 3. The predicted molar refractivity (Wildman–Crippen MR) is 57.9 cm³/mol. The molecule has 2 aromatic rings. The second-order valence-electron chi connectivity index (χ2n) is 3.37. The lowest BCUT2D eigenvalue weighted by molar-refractivity contribution is 0.0849. The van der Waals surface area contributed by atoms with E-state index in [1.165, 1.54) is 7.11 Å². The van der Waals surface area contributed by atoms with Crippen molar-refractivity contribution in [1.82, 2.24) is 4.98 Å². The third kappa shape index (κ3) is 1.92. The molecule has 3 nitrogen and oxygen atoms in total. The molecule has 0 aliphatic rings. The van der Waals surface area contributed by atoms with Crippen LogP contribution in [0.2, 0.25) is 0 Å². The lowest BCUT2D eigenvalue weighted by Crippen LogP contribution is -2.08. The molecule has 0 atom stereocenters. The SMILES string of the molecule is COCC(=O)c1cc(F)nc2ccccc12. The van der Waals surface area contributed by atoms with E-state index >= 15 is 0 Å². The zero-order chi connectivity index (χ0) is 11.5. The molecule has 0 saturated carbocycles. The minimum Gasteiger partial charge on any atom is -0.377 e. The fraction of sp³-hybridized carbons (Fsp3) is 0.167. The first-order chi connectivity index (χ1) is 7.72. The summed E-state index contributed by atoms with van der Waals surface area (Å²) in [5.41, 5.74) is 0.784. The monoisotopic (exact) mass is 219 g/mol. The highest BCUT2D eigenvalue weighted by Gasteiger charge is 2.12. The zero-order valence-corrected chi connectivity index (χ0v) is 8.74. The summed E-state index contributed by atoms with van der Waals surface area (Å²) in [5.74, 6) is -0.904. The molecule has 1 aromatic carbocycles. The minimum absolute atomic E-state index is 0.0621. The molecule has 2 rings (SSSR count). The summed E-state index contributed by atoms with van der Waals surface area (Å²) in [7, 11) is 1.43. The average Bonchev–Trinajstić information content (AvgIpc) is 2.28. The summed E-state index contributed by atoms with van der Waals surface area (Å²) in [5, 5.41) is 0.644. The number of nitrogens with zero attached hydrogens (tertiary/aromatic N) is 1. The van der Waals surface area contributed by atoms with E-state index in [4.69, 9.17) is 4.74 Å². The van der Waals surface area contributed by atoms with Gasteiger partial charge in [-0.25, -0.2) is 4.98 Å². The fourth-order valence-electron chi connectivity index (χ4n) is 1.58. The highest BCUT2D eigenvalue weighted by molar-refractivity contribution is 6.07. The number of Topliss-reactive ketones (excluding diaryl/α,β-unsaturated/α-hetero) is 1. The largest absolute Gasteiger partial charge is 0.377 e. The van der Waals surface area contributed by atoms with E-state index in [2.05, 4.69) is 4.98 Å². The normalized spacial score (nSPS) is 10.6. The van der Waals surface area contributed by atoms with Crippen LogP contribution >= 0.6 is 0 Å². The van der Waals surface area contributed by atoms with Gasteiger partial charge in [0.1, 0.15) is 6.61 Å². The van der Waals surface area contributed by atoms with Gasteiger partial charge in [0.2, 0.25) is 5.95 Å². The Morgan fingerprint density at radius 2 is 2.19 bits per heavy atom. The fourth-order valence-corrected chi connectivity index (χ4v) is 1.58. The van der Waals surface area contributed by atoms with E-state index in [1.54, 1.807) is 24.3 Å². The van der Waals surface area contributed by atoms with Crippen molar-refractivity contribution >= 4 is 16.7 Å². The van der Waals surface area contributed by atoms with Crippen LogP contribution in [-0.2, 0) is 4.74 Å². The van der Waals surface area contributed by atoms with Crippen molar-refractivity contribution in [3.05, 3.63) is 41.8 Å². The van der Waals surface area contributed by atoms with Crippen LogP contribution < -0.4 is 0 Å². The summed E-state index contributed by atoms with van der Waals surface area (Å²) in [6.45, 7) is -0.0621. The lowest BCUT2D eigenvalue weighted by atomic mass is 10.1. The van der Waals surface area contributed by atoms with Crippen molar-refractivity contribution < 1.29 is 13.9 Å². The van der Waals surface area contributed by atoms with Crippen LogP contribution in [0.1, 0.15) is 10.4 Å². The standard InChI is InChI=1S/C12H10FNO2/c1-16-7-11(15)9-6-12(13)14-10-5-3-2-4-8(9)10/h2-6H,7H2,1H3. The second-order valence-corrected chi connectivity index (χ2v) is 3.37. The third-order valence-electron chi connectivity index (χ3n) is 2.26. The molecule has 4 heteroatoms. The summed E-state index contributed by atoms with van der Waals surface area (Å²) in [6.07, 6.45) is 0. The number of pyridine rings is 1. The number of benzene rings is 1. The molecule has 0 radical (unpaired) electrons. The van der Waals surface area contributed by atoms with E-state index in [0.29, 0.717) is 16.5 Å². The van der Waals surface area contributed by atoms with Crippen molar-refractivity contribution in [3.63, 3.8) is 0 Å². The molecule has 16 heavy (non-hydrogen) atoms. The lowest BCUT2D eigenvalue weighted by Gasteiger charge is -2.04. The third-order valence-corrected chi connectivity index (χ3v) is 2.26. The maximum Gasteiger partial charge on any atom is 0.214 e. The first kappa shape index (κ1) is 10.7. The quantitative estimate of drug-likeness (QED) is 0.586. The molecule has 0 bridgehead atoms. The van der Waals surface area contributed by atoms with Crippen molar-refractivity contribution in [2.75, 3.05) is 13.7 Å². The molecule has 0 aliphatic carbocycles. The van der Waals surface area contributed by atoms with E-state index < -0.39 is 5.95 Å². The number of carbonyl (C=O) groups excluding carboxylic acids is 1. The number of ether oxygens (including phenoxy) is 1. The topological polar surface area (TPSA) is 39.2 Å². The van der Waals surface area contributed by atoms with Gasteiger partial charge in [-0.3, -0.25) is 4.79 Å². The van der Waals surface area contributed by atoms with E-state index in [0.717, 1.165) is 6.07 Å². The molecular weight excluding hydrogens is 209 g/mol. The zero-order valence-electron chi connectivity index (χ0n) is 8.74. The Balaban J connectivity index is 2.63. The average molecular weight is 219 g/mol. The van der Waals surface area contributed by atoms with Gasteiger partial charge in [-0.1, -0.05) is 18.2 Å². The predicted octanol–water partition coefficient (Wildman–Crippen LogP) is 2.20. The number of hydrogen-bond acceptors (Lipinski definition) is 3. The van der Waals surface area contributed by atoms with Crippen LogP contribution in [0.4, 0.5) is 4.39 Å². The summed E-state index contributed by atoms with van der Waals surface area (Å²) in [4.78, 5) is 15.4. The first-order valence-electron chi connectivity index (χ1n) is 4.80. The number of carbonyl (C=O) groups is 1. The van der Waals surface area contributed by atoms with Crippen molar-refractivity contribution in [2.24, 2.45) is 0 Å². The molecule has 0 amide bonds. The van der Waals surface area contributed by atoms with Gasteiger partial charge in [0.05, 0.1) is 5.52 Å². The van der Waals surface area contributed by atoms with Gasteiger partial charge < -0.3 is 4.74 Å². The van der Waals surface area contributed by atoms with Gasteiger partial charge >= 0.3 is 0 Å². The number of para-hydroxylation sites is 1. The number of fused-ring (bicyclic) bond motifs is 1. The van der Waals surface area contributed by atoms with E-state index in [-0.39, 0.29) is 12.4 Å². The maximum absolute atomic E-state index is 13.2. The number of hydrogen-bond donors (Lipinski definition) is 0. The van der Waals surface area contributed by atoms with Crippen LogP contribution in [0.3, 0.4) is 0 Å². The van der Waals surface area contributed by atoms with Crippen molar-refractivity contribution in [3.8, 4) is 0 Å². The molecule has 0 spiro atoms. The van der Waals surface area contributed by atoms with Crippen LogP contribution in [0, 0.1) is 5.95 Å². The summed E-state index contributed by atoms with van der Waals surface area (Å²) >= 11 is 0. The number of methoxy groups -OCH3 is 1. The van der Waals surface area contributed by atoms with Gasteiger partial charge in [-0.05, 0) is 6.07 Å². The van der Waals surface area contributed by atoms with Crippen LogP contribution in [-0.4, -0.2) is 24.5 Å². The van der Waals surface area contributed by atoms with Crippen LogP contribution in [0.5, 0.6) is 0 Å². The second kappa shape index (κ2) is 4.37. The van der Waals surface area contributed by atoms with Crippen LogP contribution in [0.25, 0.3) is 10.9 Å². The molecule has 0 N–H and O–H groups in total. The van der Waals surface area contributed by atoms with Crippen LogP contribution in [0.15, 0.2) is 30.3 Å². The van der Waals surface area contributed by atoms with Crippen molar-refractivity contribution in [2.45, 2.75) is 0 Å². The number of aromatic nitrogens is 1. The summed E-state index contributed by atoms with van der Waals surface area (Å²) in [6, 6.07) is 8.08.